The molecule has 2 aromatic rings. The highest BCUT2D eigenvalue weighted by Gasteiger charge is 2.08. The maximum atomic E-state index is 11.5. The maximum Gasteiger partial charge on any atom is 0.256 e. The molecule has 0 spiro atoms. The smallest absolute Gasteiger partial charge is 0.256 e. The van der Waals surface area contributed by atoms with E-state index in [1.54, 1.807) is 12.1 Å². The van der Waals surface area contributed by atoms with Crippen LogP contribution in [0, 0.1) is 0 Å². The molecule has 102 valence electrons. The zero-order chi connectivity index (χ0) is 13.8. The Kier molecular flexibility index (Phi) is 4.31. The quantitative estimate of drug-likeness (QED) is 0.649. The fraction of sp³-hybridized carbons (Fsp3) is 0.385. The number of nitrogens with two attached hydrogens (primary N) is 1. The number of fused-ring (bicyclic) bond motifs is 1. The number of carbonyl (C=O) groups excluding carboxylic acids is 1. The van der Waals surface area contributed by atoms with E-state index in [0.717, 1.165) is 5.52 Å². The molecule has 0 radical (unpaired) electrons. The van der Waals surface area contributed by atoms with Crippen molar-refractivity contribution >= 4 is 34.5 Å². The standard InChI is InChI=1S/C13H17N3O2S/c1-8(2)15-12(17)5-6-19-13-16-10-4-3-9(14)7-11(10)18-13/h3-4,7-8H,5-6,14H2,1-2H3,(H,15,17). The third-order valence-electron chi connectivity index (χ3n) is 2.40. The number of hydrogen-bond donors (Lipinski definition) is 2. The number of hydrogen-bond acceptors (Lipinski definition) is 5. The minimum Gasteiger partial charge on any atom is -0.431 e. The molecule has 0 atom stereocenters. The van der Waals surface area contributed by atoms with Gasteiger partial charge < -0.3 is 15.5 Å². The summed E-state index contributed by atoms with van der Waals surface area (Å²) in [4.78, 5) is 15.8. The molecule has 3 N–H and O–H groups in total. The van der Waals surface area contributed by atoms with Gasteiger partial charge in [-0.15, -0.1) is 0 Å². The van der Waals surface area contributed by atoms with Gasteiger partial charge in [0.1, 0.15) is 5.52 Å². The average Bonchev–Trinajstić information content (AvgIpc) is 2.69. The normalized spacial score (nSPS) is 11.1. The minimum atomic E-state index is 0.0443. The van der Waals surface area contributed by atoms with Crippen LogP contribution in [0.1, 0.15) is 20.3 Å². The third-order valence-corrected chi connectivity index (χ3v) is 3.23. The second-order valence-electron chi connectivity index (χ2n) is 4.53. The topological polar surface area (TPSA) is 81.2 Å². The molecule has 2 rings (SSSR count). The molecule has 0 fully saturated rings. The van der Waals surface area contributed by atoms with E-state index < -0.39 is 0 Å². The number of amides is 1. The molecular formula is C13H17N3O2S. The minimum absolute atomic E-state index is 0.0443. The van der Waals surface area contributed by atoms with Crippen molar-refractivity contribution in [1.29, 1.82) is 0 Å². The van der Waals surface area contributed by atoms with E-state index in [-0.39, 0.29) is 11.9 Å². The lowest BCUT2D eigenvalue weighted by atomic mass is 10.3. The summed E-state index contributed by atoms with van der Waals surface area (Å²) in [6, 6.07) is 5.53. The van der Waals surface area contributed by atoms with Gasteiger partial charge in [-0.3, -0.25) is 4.79 Å². The number of nitrogen functional groups attached to an aromatic ring is 1. The third kappa shape index (κ3) is 3.89. The van der Waals surface area contributed by atoms with E-state index in [2.05, 4.69) is 10.3 Å². The summed E-state index contributed by atoms with van der Waals surface area (Å²) in [6.07, 6.45) is 0.448. The molecular weight excluding hydrogens is 262 g/mol. The average molecular weight is 279 g/mol. The maximum absolute atomic E-state index is 11.5. The summed E-state index contributed by atoms with van der Waals surface area (Å²) >= 11 is 1.43. The zero-order valence-corrected chi connectivity index (χ0v) is 11.8. The molecule has 0 aliphatic rings. The van der Waals surface area contributed by atoms with Crippen molar-refractivity contribution in [2.24, 2.45) is 0 Å². The van der Waals surface area contributed by atoms with Gasteiger partial charge in [0, 0.05) is 30.0 Å². The van der Waals surface area contributed by atoms with Crippen LogP contribution in [0.2, 0.25) is 0 Å². The molecule has 1 amide bonds. The molecule has 0 unspecified atom stereocenters. The summed E-state index contributed by atoms with van der Waals surface area (Å²) in [7, 11) is 0. The van der Waals surface area contributed by atoms with Crippen LogP contribution in [0.5, 0.6) is 0 Å². The predicted octanol–water partition coefficient (Wildman–Crippen LogP) is 2.42. The highest BCUT2D eigenvalue weighted by atomic mass is 32.2. The number of aromatic nitrogens is 1. The molecule has 6 heteroatoms. The molecule has 0 saturated carbocycles. The lowest BCUT2D eigenvalue weighted by molar-refractivity contribution is -0.121. The first-order valence-electron chi connectivity index (χ1n) is 6.13. The zero-order valence-electron chi connectivity index (χ0n) is 11.0. The SMILES string of the molecule is CC(C)NC(=O)CCSc1nc2ccc(N)cc2o1. The molecule has 0 bridgehead atoms. The molecule has 19 heavy (non-hydrogen) atoms. The first kappa shape index (κ1) is 13.7. The van der Waals surface area contributed by atoms with Gasteiger partial charge in [0.15, 0.2) is 5.58 Å². The summed E-state index contributed by atoms with van der Waals surface area (Å²) in [6.45, 7) is 3.88. The van der Waals surface area contributed by atoms with Crippen molar-refractivity contribution in [2.45, 2.75) is 31.5 Å². The molecule has 1 heterocycles. The Bertz CT molecular complexity index is 580. The van der Waals surface area contributed by atoms with Crippen LogP contribution < -0.4 is 11.1 Å². The largest absolute Gasteiger partial charge is 0.431 e. The lowest BCUT2D eigenvalue weighted by Crippen LogP contribution is -2.30. The van der Waals surface area contributed by atoms with Crippen molar-refractivity contribution in [3.63, 3.8) is 0 Å². The van der Waals surface area contributed by atoms with Crippen molar-refractivity contribution in [3.8, 4) is 0 Å². The highest BCUT2D eigenvalue weighted by molar-refractivity contribution is 7.99. The van der Waals surface area contributed by atoms with E-state index in [1.807, 2.05) is 19.9 Å². The Labute approximate surface area is 115 Å². The number of benzene rings is 1. The molecule has 0 aliphatic carbocycles. The van der Waals surface area contributed by atoms with E-state index >= 15 is 0 Å². The van der Waals surface area contributed by atoms with Crippen molar-refractivity contribution in [3.05, 3.63) is 18.2 Å². The number of thioether (sulfide) groups is 1. The number of oxazole rings is 1. The number of carbonyl (C=O) groups is 1. The molecule has 0 aliphatic heterocycles. The second kappa shape index (κ2) is 5.97. The van der Waals surface area contributed by atoms with Crippen molar-refractivity contribution in [1.82, 2.24) is 10.3 Å². The monoisotopic (exact) mass is 279 g/mol. The second-order valence-corrected chi connectivity index (χ2v) is 5.57. The van der Waals surface area contributed by atoms with Crippen LogP contribution in [0.25, 0.3) is 11.1 Å². The van der Waals surface area contributed by atoms with Gasteiger partial charge in [0.2, 0.25) is 5.91 Å². The fourth-order valence-electron chi connectivity index (χ4n) is 1.61. The molecule has 1 aromatic heterocycles. The number of rotatable bonds is 5. The van der Waals surface area contributed by atoms with Gasteiger partial charge in [-0.2, -0.15) is 0 Å². The summed E-state index contributed by atoms with van der Waals surface area (Å²) in [5.41, 5.74) is 7.78. The van der Waals surface area contributed by atoms with Crippen molar-refractivity contribution < 1.29 is 9.21 Å². The van der Waals surface area contributed by atoms with Crippen LogP contribution in [-0.2, 0) is 4.79 Å². The fourth-order valence-corrected chi connectivity index (χ4v) is 2.38. The number of nitrogens with one attached hydrogen (secondary N) is 1. The van der Waals surface area contributed by atoms with Gasteiger partial charge in [0.25, 0.3) is 5.22 Å². The van der Waals surface area contributed by atoms with Crippen LogP contribution >= 0.6 is 11.8 Å². The predicted molar refractivity (Wildman–Crippen MR) is 77.0 cm³/mol. The van der Waals surface area contributed by atoms with Gasteiger partial charge in [-0.25, -0.2) is 4.98 Å². The van der Waals surface area contributed by atoms with Crippen LogP contribution in [0.3, 0.4) is 0 Å². The van der Waals surface area contributed by atoms with Crippen LogP contribution in [0.15, 0.2) is 27.8 Å². The van der Waals surface area contributed by atoms with Crippen LogP contribution in [0.4, 0.5) is 5.69 Å². The Hall–Kier alpha value is -1.69. The van der Waals surface area contributed by atoms with Gasteiger partial charge in [-0.05, 0) is 26.0 Å². The Balaban J connectivity index is 1.89. The van der Waals surface area contributed by atoms with Gasteiger partial charge in [-0.1, -0.05) is 11.8 Å². The van der Waals surface area contributed by atoms with Crippen LogP contribution in [-0.4, -0.2) is 22.7 Å². The lowest BCUT2D eigenvalue weighted by Gasteiger charge is -2.06. The van der Waals surface area contributed by atoms with Gasteiger partial charge >= 0.3 is 0 Å². The molecule has 1 aromatic carbocycles. The van der Waals surface area contributed by atoms with E-state index in [1.165, 1.54) is 11.8 Å². The first-order valence-corrected chi connectivity index (χ1v) is 7.11. The highest BCUT2D eigenvalue weighted by Crippen LogP contribution is 2.25. The van der Waals surface area contributed by atoms with E-state index in [9.17, 15) is 4.79 Å². The summed E-state index contributed by atoms with van der Waals surface area (Å²) < 4.78 is 5.55. The number of anilines is 1. The Morgan fingerprint density at radius 3 is 3.05 bits per heavy atom. The molecule has 0 saturated heterocycles. The summed E-state index contributed by atoms with van der Waals surface area (Å²) in [5.74, 6) is 0.684. The Morgan fingerprint density at radius 1 is 1.53 bits per heavy atom. The van der Waals surface area contributed by atoms with E-state index in [4.69, 9.17) is 10.2 Å². The van der Waals surface area contributed by atoms with E-state index in [0.29, 0.717) is 28.7 Å². The number of nitrogens with zero attached hydrogens (tertiary/aromatic N) is 1. The summed E-state index contributed by atoms with van der Waals surface area (Å²) in [5, 5.41) is 3.41. The molecule has 5 nitrogen and oxygen atoms in total. The first-order chi connectivity index (χ1) is 9.04. The van der Waals surface area contributed by atoms with Crippen molar-refractivity contribution in [2.75, 3.05) is 11.5 Å². The van der Waals surface area contributed by atoms with Gasteiger partial charge in [0.05, 0.1) is 0 Å². The Morgan fingerprint density at radius 2 is 2.32 bits per heavy atom.